The van der Waals surface area contributed by atoms with Crippen LogP contribution in [-0.2, 0) is 21.9 Å². The Morgan fingerprint density at radius 3 is 2.37 bits per heavy atom. The van der Waals surface area contributed by atoms with Gasteiger partial charge in [-0.3, -0.25) is 9.48 Å². The number of anilines is 1. The van der Waals surface area contributed by atoms with Crippen molar-refractivity contribution in [2.75, 3.05) is 38.5 Å². The number of amides is 1. The fourth-order valence-electron chi connectivity index (χ4n) is 3.18. The number of pyridine rings is 1. The van der Waals surface area contributed by atoms with Crippen molar-refractivity contribution in [3.8, 4) is 0 Å². The number of carbonyl (C=O) groups is 1. The molecule has 1 fully saturated rings. The van der Waals surface area contributed by atoms with Gasteiger partial charge in [0.05, 0.1) is 27.4 Å². The van der Waals surface area contributed by atoms with Crippen LogP contribution < -0.4 is 5.32 Å². The molecule has 2 aromatic heterocycles. The SMILES string of the molecule is Cc1nn(C)c(C)c1NC(=O)C(C)Sc1ccc(S(=O)(=O)N2CCN(C)CC2)cn1. The Morgan fingerprint density at radius 1 is 1.17 bits per heavy atom. The molecular formula is C19H28N6O3S2. The van der Waals surface area contributed by atoms with Crippen LogP contribution in [0.1, 0.15) is 18.3 Å². The van der Waals surface area contributed by atoms with Crippen LogP contribution in [0.3, 0.4) is 0 Å². The number of piperazine rings is 1. The zero-order valence-corrected chi connectivity index (χ0v) is 19.5. The molecule has 2 aromatic rings. The van der Waals surface area contributed by atoms with Gasteiger partial charge in [-0.2, -0.15) is 9.40 Å². The molecule has 11 heteroatoms. The Labute approximate surface area is 181 Å². The van der Waals surface area contributed by atoms with E-state index in [0.29, 0.717) is 31.2 Å². The van der Waals surface area contributed by atoms with Crippen LogP contribution in [0.2, 0.25) is 0 Å². The molecule has 3 heterocycles. The van der Waals surface area contributed by atoms with Crippen molar-refractivity contribution in [3.05, 3.63) is 29.7 Å². The van der Waals surface area contributed by atoms with E-state index < -0.39 is 15.3 Å². The van der Waals surface area contributed by atoms with E-state index >= 15 is 0 Å². The molecule has 1 unspecified atom stereocenters. The summed E-state index contributed by atoms with van der Waals surface area (Å²) in [6.07, 6.45) is 1.37. The first-order chi connectivity index (χ1) is 14.1. The fraction of sp³-hybridized carbons (Fsp3) is 0.526. The predicted octanol–water partition coefficient (Wildman–Crippen LogP) is 1.49. The Balaban J connectivity index is 1.64. The lowest BCUT2D eigenvalue weighted by atomic mass is 10.3. The van der Waals surface area contributed by atoms with Gasteiger partial charge in [0.15, 0.2) is 0 Å². The van der Waals surface area contributed by atoms with Crippen molar-refractivity contribution in [3.63, 3.8) is 0 Å². The molecule has 0 aliphatic carbocycles. The lowest BCUT2D eigenvalue weighted by molar-refractivity contribution is -0.115. The van der Waals surface area contributed by atoms with Gasteiger partial charge in [-0.05, 0) is 40.0 Å². The second kappa shape index (κ2) is 9.04. The van der Waals surface area contributed by atoms with Crippen LogP contribution in [0.25, 0.3) is 0 Å². The number of hydrogen-bond acceptors (Lipinski definition) is 7. The van der Waals surface area contributed by atoms with Crippen molar-refractivity contribution in [1.29, 1.82) is 0 Å². The highest BCUT2D eigenvalue weighted by atomic mass is 32.2. The number of likely N-dealkylation sites (N-methyl/N-ethyl adjacent to an activating group) is 1. The van der Waals surface area contributed by atoms with Gasteiger partial charge in [-0.25, -0.2) is 13.4 Å². The summed E-state index contributed by atoms with van der Waals surface area (Å²) < 4.78 is 28.8. The Bertz CT molecular complexity index is 1010. The summed E-state index contributed by atoms with van der Waals surface area (Å²) in [5, 5.41) is 7.41. The summed E-state index contributed by atoms with van der Waals surface area (Å²) in [4.78, 5) is 19.1. The lowest BCUT2D eigenvalue weighted by Crippen LogP contribution is -2.47. The first-order valence-electron chi connectivity index (χ1n) is 9.72. The van der Waals surface area contributed by atoms with E-state index in [1.54, 1.807) is 23.7 Å². The summed E-state index contributed by atoms with van der Waals surface area (Å²) in [6.45, 7) is 7.90. The number of thioether (sulfide) groups is 1. The predicted molar refractivity (Wildman–Crippen MR) is 117 cm³/mol. The Hall–Kier alpha value is -1.95. The summed E-state index contributed by atoms with van der Waals surface area (Å²) >= 11 is 1.28. The largest absolute Gasteiger partial charge is 0.322 e. The van der Waals surface area contributed by atoms with E-state index in [0.717, 1.165) is 17.1 Å². The molecule has 3 rings (SSSR count). The zero-order valence-electron chi connectivity index (χ0n) is 17.9. The van der Waals surface area contributed by atoms with Crippen LogP contribution in [0, 0.1) is 13.8 Å². The van der Waals surface area contributed by atoms with Crippen molar-refractivity contribution in [2.45, 2.75) is 35.9 Å². The second-order valence-electron chi connectivity index (χ2n) is 7.46. The summed E-state index contributed by atoms with van der Waals surface area (Å²) in [7, 11) is 0.261. The smallest absolute Gasteiger partial charge is 0.244 e. The maximum atomic E-state index is 12.8. The molecule has 1 saturated heterocycles. The van der Waals surface area contributed by atoms with Crippen molar-refractivity contribution in [1.82, 2.24) is 24.0 Å². The number of rotatable bonds is 6. The van der Waals surface area contributed by atoms with Crippen LogP contribution >= 0.6 is 11.8 Å². The fourth-order valence-corrected chi connectivity index (χ4v) is 5.34. The molecule has 1 N–H and O–H groups in total. The molecule has 30 heavy (non-hydrogen) atoms. The lowest BCUT2D eigenvalue weighted by Gasteiger charge is -2.31. The number of sulfonamides is 1. The zero-order chi connectivity index (χ0) is 22.1. The first-order valence-corrected chi connectivity index (χ1v) is 12.0. The molecule has 9 nitrogen and oxygen atoms in total. The molecule has 0 spiro atoms. The standard InChI is InChI=1S/C19H28N6O3S2/c1-13-18(14(2)24(5)22-13)21-19(26)15(3)29-17-7-6-16(12-20-17)30(27,28)25-10-8-23(4)9-11-25/h6-7,12,15H,8-11H2,1-5H3,(H,21,26). The van der Waals surface area contributed by atoms with Gasteiger partial charge in [0.25, 0.3) is 0 Å². The Kier molecular flexibility index (Phi) is 6.85. The minimum Gasteiger partial charge on any atom is -0.322 e. The van der Waals surface area contributed by atoms with Gasteiger partial charge in [-0.15, -0.1) is 0 Å². The third kappa shape index (κ3) is 4.85. The van der Waals surface area contributed by atoms with Gasteiger partial charge in [0.1, 0.15) is 4.90 Å². The van der Waals surface area contributed by atoms with E-state index in [4.69, 9.17) is 0 Å². The number of nitrogens with zero attached hydrogens (tertiary/aromatic N) is 5. The molecule has 1 aliphatic rings. The van der Waals surface area contributed by atoms with E-state index in [1.807, 2.05) is 27.9 Å². The number of nitrogens with one attached hydrogen (secondary N) is 1. The number of aryl methyl sites for hydroxylation is 2. The quantitative estimate of drug-likeness (QED) is 0.663. The summed E-state index contributed by atoms with van der Waals surface area (Å²) in [5.74, 6) is -0.157. The molecule has 1 amide bonds. The number of aromatic nitrogens is 3. The third-order valence-corrected chi connectivity index (χ3v) is 8.17. The van der Waals surface area contributed by atoms with Crippen LogP contribution in [-0.4, -0.2) is 76.8 Å². The molecule has 1 atom stereocenters. The molecule has 0 aromatic carbocycles. The number of hydrogen-bond donors (Lipinski definition) is 1. The molecule has 0 saturated carbocycles. The molecule has 164 valence electrons. The van der Waals surface area contributed by atoms with Crippen molar-refractivity contribution >= 4 is 33.4 Å². The summed E-state index contributed by atoms with van der Waals surface area (Å²) in [5.41, 5.74) is 2.36. The van der Waals surface area contributed by atoms with Gasteiger partial charge < -0.3 is 10.2 Å². The minimum absolute atomic E-state index is 0.157. The van der Waals surface area contributed by atoms with Crippen LogP contribution in [0.4, 0.5) is 5.69 Å². The average Bonchev–Trinajstić information content (AvgIpc) is 2.94. The van der Waals surface area contributed by atoms with E-state index in [1.165, 1.54) is 22.3 Å². The molecule has 0 radical (unpaired) electrons. The van der Waals surface area contributed by atoms with Gasteiger partial charge in [0, 0.05) is 39.4 Å². The first kappa shape index (κ1) is 22.7. The Morgan fingerprint density at radius 2 is 1.83 bits per heavy atom. The van der Waals surface area contributed by atoms with Crippen molar-refractivity contribution in [2.24, 2.45) is 7.05 Å². The van der Waals surface area contributed by atoms with E-state index in [-0.39, 0.29) is 10.8 Å². The molecular weight excluding hydrogens is 424 g/mol. The van der Waals surface area contributed by atoms with Gasteiger partial charge in [-0.1, -0.05) is 11.8 Å². The summed E-state index contributed by atoms with van der Waals surface area (Å²) in [6, 6.07) is 3.21. The monoisotopic (exact) mass is 452 g/mol. The topological polar surface area (TPSA) is 100 Å². The number of carbonyl (C=O) groups excluding carboxylic acids is 1. The van der Waals surface area contributed by atoms with Gasteiger partial charge in [0.2, 0.25) is 15.9 Å². The van der Waals surface area contributed by atoms with Crippen molar-refractivity contribution < 1.29 is 13.2 Å². The van der Waals surface area contributed by atoms with Crippen LogP contribution in [0.15, 0.2) is 28.3 Å². The highest BCUT2D eigenvalue weighted by Crippen LogP contribution is 2.26. The maximum Gasteiger partial charge on any atom is 0.244 e. The van der Waals surface area contributed by atoms with E-state index in [2.05, 4.69) is 20.3 Å². The third-order valence-electron chi connectivity index (χ3n) is 5.23. The highest BCUT2D eigenvalue weighted by Gasteiger charge is 2.28. The highest BCUT2D eigenvalue weighted by molar-refractivity contribution is 8.00. The average molecular weight is 453 g/mol. The maximum absolute atomic E-state index is 12.8. The molecule has 1 aliphatic heterocycles. The van der Waals surface area contributed by atoms with Crippen LogP contribution in [0.5, 0.6) is 0 Å². The second-order valence-corrected chi connectivity index (χ2v) is 10.8. The molecule has 0 bridgehead atoms. The normalized spacial score (nSPS) is 17.1. The van der Waals surface area contributed by atoms with Gasteiger partial charge >= 0.3 is 0 Å². The van der Waals surface area contributed by atoms with E-state index in [9.17, 15) is 13.2 Å². The minimum atomic E-state index is -3.55.